The Morgan fingerprint density at radius 1 is 1.15 bits per heavy atom. The molecule has 0 bridgehead atoms. The lowest BCUT2D eigenvalue weighted by molar-refractivity contribution is 0.0294. The number of benzene rings is 1. The van der Waals surface area contributed by atoms with Gasteiger partial charge in [-0.05, 0) is 42.9 Å². The van der Waals surface area contributed by atoms with Gasteiger partial charge in [0.15, 0.2) is 0 Å². The molecule has 110 valence electrons. The summed E-state index contributed by atoms with van der Waals surface area (Å²) in [6.07, 6.45) is 9.05. The van der Waals surface area contributed by atoms with Crippen LogP contribution in [0.4, 0.5) is 0 Å². The standard InChI is InChI=1S/C17H25NO2/c19-17-8-4-7-14-15(17)9-10-16(14)18-11-12-20-13-5-2-1-3-6-13/h4,7-8,13,16,18-19H,1-3,5-6,9-12H2. The molecule has 1 unspecified atom stereocenters. The van der Waals surface area contributed by atoms with Crippen LogP contribution in [-0.2, 0) is 11.2 Å². The van der Waals surface area contributed by atoms with E-state index in [0.717, 1.165) is 31.6 Å². The third-order valence-electron chi connectivity index (χ3n) is 4.64. The molecule has 1 fully saturated rings. The Labute approximate surface area is 121 Å². The van der Waals surface area contributed by atoms with E-state index in [1.54, 1.807) is 6.07 Å². The topological polar surface area (TPSA) is 41.5 Å². The summed E-state index contributed by atoms with van der Waals surface area (Å²) in [5.41, 5.74) is 2.39. The highest BCUT2D eigenvalue weighted by Gasteiger charge is 2.24. The molecule has 1 aromatic carbocycles. The third-order valence-corrected chi connectivity index (χ3v) is 4.64. The number of phenolic OH excluding ortho intramolecular Hbond substituents is 1. The first kappa shape index (κ1) is 13.9. The molecule has 0 spiro atoms. The van der Waals surface area contributed by atoms with Gasteiger partial charge in [-0.3, -0.25) is 0 Å². The molecule has 3 nitrogen and oxygen atoms in total. The first-order chi connectivity index (χ1) is 9.84. The van der Waals surface area contributed by atoms with Crippen LogP contribution >= 0.6 is 0 Å². The Hall–Kier alpha value is -1.06. The van der Waals surface area contributed by atoms with Crippen molar-refractivity contribution < 1.29 is 9.84 Å². The van der Waals surface area contributed by atoms with Crippen LogP contribution in [0.25, 0.3) is 0 Å². The minimum atomic E-state index is 0.382. The molecule has 0 radical (unpaired) electrons. The zero-order valence-electron chi connectivity index (χ0n) is 12.1. The van der Waals surface area contributed by atoms with Crippen molar-refractivity contribution in [2.45, 2.75) is 57.1 Å². The fraction of sp³-hybridized carbons (Fsp3) is 0.647. The lowest BCUT2D eigenvalue weighted by atomic mass is 9.98. The predicted molar refractivity (Wildman–Crippen MR) is 80.0 cm³/mol. The van der Waals surface area contributed by atoms with Crippen molar-refractivity contribution in [2.24, 2.45) is 0 Å². The number of hydrogen-bond donors (Lipinski definition) is 2. The molecule has 2 aliphatic rings. The molecule has 0 saturated heterocycles. The monoisotopic (exact) mass is 275 g/mol. The summed E-state index contributed by atoms with van der Waals surface area (Å²) in [7, 11) is 0. The summed E-state index contributed by atoms with van der Waals surface area (Å²) >= 11 is 0. The van der Waals surface area contributed by atoms with Crippen molar-refractivity contribution in [2.75, 3.05) is 13.2 Å². The van der Waals surface area contributed by atoms with Gasteiger partial charge < -0.3 is 15.2 Å². The highest BCUT2D eigenvalue weighted by atomic mass is 16.5. The molecule has 2 aliphatic carbocycles. The lowest BCUT2D eigenvalue weighted by Crippen LogP contribution is -2.26. The van der Waals surface area contributed by atoms with E-state index in [1.165, 1.54) is 37.7 Å². The van der Waals surface area contributed by atoms with Crippen molar-refractivity contribution in [1.82, 2.24) is 5.32 Å². The molecule has 20 heavy (non-hydrogen) atoms. The first-order valence-electron chi connectivity index (χ1n) is 8.00. The molecule has 0 aliphatic heterocycles. The van der Waals surface area contributed by atoms with Gasteiger partial charge in [0.05, 0.1) is 12.7 Å². The van der Waals surface area contributed by atoms with E-state index in [4.69, 9.17) is 4.74 Å². The second-order valence-electron chi connectivity index (χ2n) is 6.02. The molecule has 1 saturated carbocycles. The zero-order chi connectivity index (χ0) is 13.8. The summed E-state index contributed by atoms with van der Waals surface area (Å²) in [6.45, 7) is 1.70. The van der Waals surface area contributed by atoms with Crippen LogP contribution in [-0.4, -0.2) is 24.4 Å². The summed E-state index contributed by atoms with van der Waals surface area (Å²) in [6, 6.07) is 6.23. The van der Waals surface area contributed by atoms with Gasteiger partial charge in [-0.2, -0.15) is 0 Å². The van der Waals surface area contributed by atoms with Gasteiger partial charge in [0.25, 0.3) is 0 Å². The Balaban J connectivity index is 1.43. The van der Waals surface area contributed by atoms with E-state index >= 15 is 0 Å². The van der Waals surface area contributed by atoms with Gasteiger partial charge in [0.1, 0.15) is 5.75 Å². The quantitative estimate of drug-likeness (QED) is 0.810. The Bertz CT molecular complexity index is 441. The normalized spacial score (nSPS) is 22.9. The number of nitrogens with one attached hydrogen (secondary N) is 1. The molecular formula is C17H25NO2. The number of rotatable bonds is 5. The first-order valence-corrected chi connectivity index (χ1v) is 8.00. The highest BCUT2D eigenvalue weighted by Crippen LogP contribution is 2.36. The fourth-order valence-corrected chi connectivity index (χ4v) is 3.54. The van der Waals surface area contributed by atoms with Crippen LogP contribution in [0.2, 0.25) is 0 Å². The summed E-state index contributed by atoms with van der Waals surface area (Å²) in [5, 5.41) is 13.4. The maximum Gasteiger partial charge on any atom is 0.119 e. The number of hydrogen-bond acceptors (Lipinski definition) is 3. The average Bonchev–Trinajstić information content (AvgIpc) is 2.90. The average molecular weight is 275 g/mol. The van der Waals surface area contributed by atoms with E-state index in [9.17, 15) is 5.11 Å². The van der Waals surface area contributed by atoms with E-state index in [2.05, 4.69) is 11.4 Å². The zero-order valence-corrected chi connectivity index (χ0v) is 12.1. The molecular weight excluding hydrogens is 250 g/mol. The van der Waals surface area contributed by atoms with Crippen molar-refractivity contribution >= 4 is 0 Å². The van der Waals surface area contributed by atoms with Gasteiger partial charge in [-0.1, -0.05) is 31.4 Å². The van der Waals surface area contributed by atoms with Crippen LogP contribution in [0, 0.1) is 0 Å². The SMILES string of the molecule is Oc1cccc2c1CCC2NCCOC1CCCCC1. The third kappa shape index (κ3) is 3.15. The Kier molecular flexibility index (Phi) is 4.58. The predicted octanol–water partition coefficient (Wildman–Crippen LogP) is 3.32. The van der Waals surface area contributed by atoms with Crippen molar-refractivity contribution in [3.8, 4) is 5.75 Å². The molecule has 0 heterocycles. The second-order valence-corrected chi connectivity index (χ2v) is 6.02. The molecule has 1 atom stereocenters. The van der Waals surface area contributed by atoms with E-state index in [1.807, 2.05) is 6.07 Å². The lowest BCUT2D eigenvalue weighted by Gasteiger charge is -2.22. The van der Waals surface area contributed by atoms with Crippen molar-refractivity contribution in [3.63, 3.8) is 0 Å². The van der Waals surface area contributed by atoms with Crippen LogP contribution in [0.15, 0.2) is 18.2 Å². The smallest absolute Gasteiger partial charge is 0.119 e. The van der Waals surface area contributed by atoms with Crippen LogP contribution in [0.5, 0.6) is 5.75 Å². The second kappa shape index (κ2) is 6.59. The van der Waals surface area contributed by atoms with E-state index in [-0.39, 0.29) is 0 Å². The summed E-state index contributed by atoms with van der Waals surface area (Å²) < 4.78 is 5.94. The largest absolute Gasteiger partial charge is 0.508 e. The van der Waals surface area contributed by atoms with Gasteiger partial charge in [-0.25, -0.2) is 0 Å². The van der Waals surface area contributed by atoms with Crippen LogP contribution < -0.4 is 5.32 Å². The maximum absolute atomic E-state index is 9.84. The maximum atomic E-state index is 9.84. The Morgan fingerprint density at radius 3 is 2.85 bits per heavy atom. The van der Waals surface area contributed by atoms with Gasteiger partial charge in [0, 0.05) is 12.6 Å². The molecule has 2 N–H and O–H groups in total. The van der Waals surface area contributed by atoms with Crippen molar-refractivity contribution in [1.29, 1.82) is 0 Å². The van der Waals surface area contributed by atoms with Gasteiger partial charge in [-0.15, -0.1) is 0 Å². The number of aromatic hydroxyl groups is 1. The number of fused-ring (bicyclic) bond motifs is 1. The van der Waals surface area contributed by atoms with Crippen molar-refractivity contribution in [3.05, 3.63) is 29.3 Å². The molecule has 1 aromatic rings. The molecule has 3 rings (SSSR count). The van der Waals surface area contributed by atoms with Crippen LogP contribution in [0.3, 0.4) is 0 Å². The Morgan fingerprint density at radius 2 is 2.00 bits per heavy atom. The minimum absolute atomic E-state index is 0.382. The minimum Gasteiger partial charge on any atom is -0.508 e. The number of ether oxygens (including phenoxy) is 1. The molecule has 3 heteroatoms. The van der Waals surface area contributed by atoms with E-state index in [0.29, 0.717) is 17.9 Å². The fourth-order valence-electron chi connectivity index (χ4n) is 3.54. The van der Waals surface area contributed by atoms with Gasteiger partial charge in [0.2, 0.25) is 0 Å². The summed E-state index contributed by atoms with van der Waals surface area (Å²) in [5.74, 6) is 0.449. The molecule has 0 aromatic heterocycles. The molecule has 0 amide bonds. The summed E-state index contributed by atoms with van der Waals surface area (Å²) in [4.78, 5) is 0. The van der Waals surface area contributed by atoms with Crippen LogP contribution in [0.1, 0.15) is 55.7 Å². The number of phenols is 1. The highest BCUT2D eigenvalue weighted by molar-refractivity contribution is 5.44. The van der Waals surface area contributed by atoms with Gasteiger partial charge >= 0.3 is 0 Å². The van der Waals surface area contributed by atoms with E-state index < -0.39 is 0 Å².